The maximum absolute atomic E-state index is 13.4. The Bertz CT molecular complexity index is 577. The molecule has 1 N–H and O–H groups in total. The van der Waals surface area contributed by atoms with E-state index in [0.717, 1.165) is 19.2 Å². The normalized spacial score (nSPS) is 12.6. The maximum Gasteiger partial charge on any atom is 0.252 e. The van der Waals surface area contributed by atoms with Gasteiger partial charge in [0.1, 0.15) is 5.82 Å². The molecule has 0 atom stereocenters. The largest absolute Gasteiger partial charge is 0.310 e. The lowest BCUT2D eigenvalue weighted by Gasteiger charge is -2.19. The van der Waals surface area contributed by atoms with Gasteiger partial charge < -0.3 is 5.32 Å². The van der Waals surface area contributed by atoms with E-state index in [1.807, 2.05) is 13.8 Å². The van der Waals surface area contributed by atoms with Crippen LogP contribution in [-0.4, -0.2) is 38.8 Å². The molecule has 0 saturated heterocycles. The molecular weight excluding hydrogens is 305 g/mol. The summed E-state index contributed by atoms with van der Waals surface area (Å²) < 4.78 is 63.2. The van der Waals surface area contributed by atoms with E-state index in [1.165, 1.54) is 6.07 Å². The second-order valence-electron chi connectivity index (χ2n) is 4.96. The first-order chi connectivity index (χ1) is 9.64. The molecule has 120 valence electrons. The molecule has 21 heavy (non-hydrogen) atoms. The summed E-state index contributed by atoms with van der Waals surface area (Å²) in [5, 5.41) is 3.02. The van der Waals surface area contributed by atoms with Crippen molar-refractivity contribution in [1.82, 2.24) is 9.62 Å². The van der Waals surface area contributed by atoms with E-state index < -0.39 is 28.8 Å². The molecule has 0 aliphatic carbocycles. The third-order valence-electron chi connectivity index (χ3n) is 2.81. The van der Waals surface area contributed by atoms with Gasteiger partial charge in [0.15, 0.2) is 0 Å². The molecule has 0 unspecified atom stereocenters. The number of hydrogen-bond acceptors (Lipinski definition) is 3. The molecule has 0 radical (unpaired) electrons. The maximum atomic E-state index is 13.4. The van der Waals surface area contributed by atoms with Crippen molar-refractivity contribution in [2.75, 3.05) is 13.6 Å². The van der Waals surface area contributed by atoms with Crippen LogP contribution in [0.2, 0.25) is 0 Å². The van der Waals surface area contributed by atoms with E-state index in [0.29, 0.717) is 9.87 Å². The molecule has 0 saturated carbocycles. The number of benzene rings is 1. The third-order valence-corrected chi connectivity index (χ3v) is 4.72. The number of hydrogen-bond donors (Lipinski definition) is 1. The summed E-state index contributed by atoms with van der Waals surface area (Å²) in [4.78, 5) is -0.293. The number of sulfonamides is 1. The highest BCUT2D eigenvalue weighted by Crippen LogP contribution is 2.21. The molecule has 1 rings (SSSR count). The van der Waals surface area contributed by atoms with Crippen LogP contribution in [0.25, 0.3) is 0 Å². The fourth-order valence-electron chi connectivity index (χ4n) is 1.69. The highest BCUT2D eigenvalue weighted by molar-refractivity contribution is 7.89. The second-order valence-corrected chi connectivity index (χ2v) is 6.98. The van der Waals surface area contributed by atoms with Crippen LogP contribution >= 0.6 is 0 Å². The average Bonchev–Trinajstić information content (AvgIpc) is 2.36. The first-order valence-corrected chi connectivity index (χ1v) is 7.85. The molecule has 0 amide bonds. The summed E-state index contributed by atoms with van der Waals surface area (Å²) in [6.07, 6.45) is -2.80. The van der Waals surface area contributed by atoms with Crippen molar-refractivity contribution in [1.29, 1.82) is 0 Å². The molecule has 0 heterocycles. The molecular formula is C13H19F3N2O2S. The quantitative estimate of drug-likeness (QED) is 0.836. The lowest BCUT2D eigenvalue weighted by Crippen LogP contribution is -2.33. The van der Waals surface area contributed by atoms with E-state index in [2.05, 4.69) is 5.32 Å². The number of alkyl halides is 2. The summed E-state index contributed by atoms with van der Waals surface area (Å²) in [6, 6.07) is 3.44. The molecule has 0 aliphatic rings. The van der Waals surface area contributed by atoms with Crippen molar-refractivity contribution in [3.8, 4) is 0 Å². The van der Waals surface area contributed by atoms with Crippen molar-refractivity contribution in [3.05, 3.63) is 29.6 Å². The molecule has 8 heteroatoms. The number of rotatable bonds is 7. The van der Waals surface area contributed by atoms with Gasteiger partial charge in [-0.05, 0) is 17.7 Å². The SMILES string of the molecule is CC(C)NCc1ccc(F)cc1S(=O)(=O)N(C)CC(F)F. The molecule has 0 aromatic heterocycles. The molecule has 0 fully saturated rings. The highest BCUT2D eigenvalue weighted by Gasteiger charge is 2.26. The van der Waals surface area contributed by atoms with Gasteiger partial charge >= 0.3 is 0 Å². The van der Waals surface area contributed by atoms with Crippen LogP contribution in [-0.2, 0) is 16.6 Å². The van der Waals surface area contributed by atoms with E-state index >= 15 is 0 Å². The van der Waals surface area contributed by atoms with Crippen molar-refractivity contribution in [3.63, 3.8) is 0 Å². The lowest BCUT2D eigenvalue weighted by molar-refractivity contribution is 0.126. The molecule has 1 aromatic rings. The zero-order chi connectivity index (χ0) is 16.2. The predicted molar refractivity (Wildman–Crippen MR) is 74.2 cm³/mol. The van der Waals surface area contributed by atoms with Crippen molar-refractivity contribution < 1.29 is 21.6 Å². The molecule has 0 spiro atoms. The monoisotopic (exact) mass is 324 g/mol. The average molecular weight is 324 g/mol. The van der Waals surface area contributed by atoms with Gasteiger partial charge in [-0.15, -0.1) is 0 Å². The minimum atomic E-state index is -4.16. The Morgan fingerprint density at radius 1 is 1.29 bits per heavy atom. The van der Waals surface area contributed by atoms with Crippen molar-refractivity contribution in [2.45, 2.75) is 37.8 Å². The standard InChI is InChI=1S/C13H19F3N2O2S/c1-9(2)17-7-10-4-5-11(14)6-12(10)21(19,20)18(3)8-13(15)16/h4-6,9,13,17H,7-8H2,1-3H3. The van der Waals surface area contributed by atoms with Crippen LogP contribution in [0.5, 0.6) is 0 Å². The highest BCUT2D eigenvalue weighted by atomic mass is 32.2. The Kier molecular flexibility index (Phi) is 6.18. The summed E-state index contributed by atoms with van der Waals surface area (Å²) in [5.41, 5.74) is 0.339. The Hall–Kier alpha value is -1.12. The number of nitrogens with one attached hydrogen (secondary N) is 1. The molecule has 1 aromatic carbocycles. The van der Waals surface area contributed by atoms with Gasteiger partial charge in [0.05, 0.1) is 11.4 Å². The fraction of sp³-hybridized carbons (Fsp3) is 0.538. The Morgan fingerprint density at radius 2 is 1.90 bits per heavy atom. The molecule has 0 bridgehead atoms. The van der Waals surface area contributed by atoms with Crippen LogP contribution in [0.1, 0.15) is 19.4 Å². The van der Waals surface area contributed by atoms with Gasteiger partial charge in [-0.1, -0.05) is 19.9 Å². The Labute approximate surface area is 123 Å². The fourth-order valence-corrected chi connectivity index (χ4v) is 3.07. The first kappa shape index (κ1) is 17.9. The van der Waals surface area contributed by atoms with E-state index in [9.17, 15) is 21.6 Å². The zero-order valence-corrected chi connectivity index (χ0v) is 12.9. The summed E-state index contributed by atoms with van der Waals surface area (Å²) in [7, 11) is -3.11. The Balaban J connectivity index is 3.17. The summed E-state index contributed by atoms with van der Waals surface area (Å²) in [5.74, 6) is -0.729. The predicted octanol–water partition coefficient (Wildman–Crippen LogP) is 2.21. The van der Waals surface area contributed by atoms with Gasteiger partial charge in [-0.3, -0.25) is 0 Å². The van der Waals surface area contributed by atoms with Crippen LogP contribution in [0.4, 0.5) is 13.2 Å². The summed E-state index contributed by atoms with van der Waals surface area (Å²) in [6.45, 7) is 3.02. The van der Waals surface area contributed by atoms with Crippen LogP contribution in [0.15, 0.2) is 23.1 Å². The second kappa shape index (κ2) is 7.24. The van der Waals surface area contributed by atoms with Gasteiger partial charge in [-0.25, -0.2) is 21.6 Å². The van der Waals surface area contributed by atoms with Crippen molar-refractivity contribution in [2.24, 2.45) is 0 Å². The Morgan fingerprint density at radius 3 is 2.43 bits per heavy atom. The van der Waals surface area contributed by atoms with Crippen LogP contribution in [0.3, 0.4) is 0 Å². The zero-order valence-electron chi connectivity index (χ0n) is 12.1. The van der Waals surface area contributed by atoms with Crippen LogP contribution < -0.4 is 5.32 Å². The number of nitrogens with zero attached hydrogens (tertiary/aromatic N) is 1. The van der Waals surface area contributed by atoms with Crippen LogP contribution in [0, 0.1) is 5.82 Å². The molecule has 0 aliphatic heterocycles. The molecule has 4 nitrogen and oxygen atoms in total. The number of halogens is 3. The van der Waals surface area contributed by atoms with Crippen molar-refractivity contribution >= 4 is 10.0 Å². The van der Waals surface area contributed by atoms with E-state index in [4.69, 9.17) is 0 Å². The van der Waals surface area contributed by atoms with Gasteiger partial charge in [0.2, 0.25) is 10.0 Å². The lowest BCUT2D eigenvalue weighted by atomic mass is 10.2. The van der Waals surface area contributed by atoms with Gasteiger partial charge in [0, 0.05) is 19.6 Å². The topological polar surface area (TPSA) is 49.4 Å². The first-order valence-electron chi connectivity index (χ1n) is 6.41. The third kappa shape index (κ3) is 4.98. The minimum Gasteiger partial charge on any atom is -0.310 e. The van der Waals surface area contributed by atoms with Gasteiger partial charge in [0.25, 0.3) is 6.43 Å². The van der Waals surface area contributed by atoms with E-state index in [1.54, 1.807) is 0 Å². The van der Waals surface area contributed by atoms with Gasteiger partial charge in [-0.2, -0.15) is 4.31 Å². The minimum absolute atomic E-state index is 0.101. The smallest absolute Gasteiger partial charge is 0.252 e. The van der Waals surface area contributed by atoms with E-state index in [-0.39, 0.29) is 17.5 Å². The summed E-state index contributed by atoms with van der Waals surface area (Å²) >= 11 is 0.